The van der Waals surface area contributed by atoms with Crippen LogP contribution in [0.15, 0.2) is 30.3 Å². The molecule has 0 N–H and O–H groups in total. The Hall–Kier alpha value is -1.84. The molecule has 0 aliphatic heterocycles. The van der Waals surface area contributed by atoms with Crippen molar-refractivity contribution in [1.29, 1.82) is 0 Å². The highest BCUT2D eigenvalue weighted by atomic mass is 16.6. The number of aldehydes is 1. The molecular weight excluding hydrogens is 206 g/mol. The second-order valence-electron chi connectivity index (χ2n) is 3.53. The Bertz CT molecular complexity index is 351. The molecule has 0 aliphatic carbocycles. The molecule has 86 valence electrons. The number of nitrogens with zero attached hydrogens (tertiary/aromatic N) is 1. The summed E-state index contributed by atoms with van der Waals surface area (Å²) in [4.78, 5) is 23.2. The molecule has 0 saturated heterocycles. The molecule has 1 atom stereocenters. The number of ether oxygens (including phenoxy) is 1. The van der Waals surface area contributed by atoms with Crippen LogP contribution in [-0.4, -0.2) is 30.4 Å². The van der Waals surface area contributed by atoms with E-state index in [0.29, 0.717) is 6.29 Å². The van der Waals surface area contributed by atoms with Crippen LogP contribution in [0.2, 0.25) is 0 Å². The van der Waals surface area contributed by atoms with E-state index in [1.54, 1.807) is 6.92 Å². The summed E-state index contributed by atoms with van der Waals surface area (Å²) in [5, 5.41) is 0. The molecule has 4 heteroatoms. The fourth-order valence-corrected chi connectivity index (χ4v) is 1.08. The van der Waals surface area contributed by atoms with Gasteiger partial charge in [-0.3, -0.25) is 0 Å². The Labute approximate surface area is 94.8 Å². The van der Waals surface area contributed by atoms with E-state index in [4.69, 9.17) is 4.74 Å². The van der Waals surface area contributed by atoms with Crippen molar-refractivity contribution in [3.63, 3.8) is 0 Å². The molecule has 1 aromatic rings. The molecular formula is C12H15NO3. The maximum Gasteiger partial charge on any atom is 0.410 e. The Kier molecular flexibility index (Phi) is 4.51. The Morgan fingerprint density at radius 3 is 2.62 bits per heavy atom. The van der Waals surface area contributed by atoms with Crippen LogP contribution in [0, 0.1) is 0 Å². The maximum atomic E-state index is 11.5. The molecule has 0 bridgehead atoms. The van der Waals surface area contributed by atoms with Gasteiger partial charge in [0.05, 0.1) is 6.04 Å². The van der Waals surface area contributed by atoms with Crippen LogP contribution in [0.3, 0.4) is 0 Å². The summed E-state index contributed by atoms with van der Waals surface area (Å²) in [6.45, 7) is 1.85. The van der Waals surface area contributed by atoms with E-state index >= 15 is 0 Å². The van der Waals surface area contributed by atoms with Gasteiger partial charge in [0.1, 0.15) is 12.9 Å². The van der Waals surface area contributed by atoms with Gasteiger partial charge in [-0.25, -0.2) is 4.79 Å². The van der Waals surface area contributed by atoms with Gasteiger partial charge >= 0.3 is 6.09 Å². The topological polar surface area (TPSA) is 46.6 Å². The first-order valence-electron chi connectivity index (χ1n) is 5.04. The van der Waals surface area contributed by atoms with E-state index in [9.17, 15) is 9.59 Å². The molecule has 0 saturated carbocycles. The number of likely N-dealkylation sites (N-methyl/N-ethyl adjacent to an activating group) is 1. The molecule has 4 nitrogen and oxygen atoms in total. The highest BCUT2D eigenvalue weighted by molar-refractivity contribution is 5.72. The molecule has 0 radical (unpaired) electrons. The molecule has 0 aliphatic rings. The fourth-order valence-electron chi connectivity index (χ4n) is 1.08. The van der Waals surface area contributed by atoms with Crippen molar-refractivity contribution in [1.82, 2.24) is 4.90 Å². The van der Waals surface area contributed by atoms with Gasteiger partial charge in [-0.2, -0.15) is 0 Å². The van der Waals surface area contributed by atoms with Gasteiger partial charge in [0.15, 0.2) is 0 Å². The SMILES string of the molecule is CC(C=O)N(C)C(=O)OCc1ccccc1. The Morgan fingerprint density at radius 2 is 2.06 bits per heavy atom. The molecule has 0 fully saturated rings. The van der Waals surface area contributed by atoms with Crippen LogP contribution >= 0.6 is 0 Å². The predicted octanol–water partition coefficient (Wildman–Crippen LogP) is 1.84. The van der Waals surface area contributed by atoms with Crippen LogP contribution in [0.5, 0.6) is 0 Å². The lowest BCUT2D eigenvalue weighted by molar-refractivity contribution is -0.111. The number of amides is 1. The zero-order chi connectivity index (χ0) is 12.0. The lowest BCUT2D eigenvalue weighted by atomic mass is 10.2. The van der Waals surface area contributed by atoms with E-state index in [0.717, 1.165) is 5.56 Å². The summed E-state index contributed by atoms with van der Waals surface area (Å²) >= 11 is 0. The van der Waals surface area contributed by atoms with Gasteiger partial charge < -0.3 is 14.4 Å². The average molecular weight is 221 g/mol. The maximum absolute atomic E-state index is 11.5. The van der Waals surface area contributed by atoms with E-state index in [2.05, 4.69) is 0 Å². The molecule has 1 aromatic carbocycles. The van der Waals surface area contributed by atoms with Crippen molar-refractivity contribution < 1.29 is 14.3 Å². The smallest absolute Gasteiger partial charge is 0.410 e. The molecule has 1 unspecified atom stereocenters. The van der Waals surface area contributed by atoms with E-state index < -0.39 is 12.1 Å². The highest BCUT2D eigenvalue weighted by Gasteiger charge is 2.15. The summed E-state index contributed by atoms with van der Waals surface area (Å²) in [6.07, 6.45) is 0.201. The van der Waals surface area contributed by atoms with Gasteiger partial charge in [-0.05, 0) is 12.5 Å². The van der Waals surface area contributed by atoms with Gasteiger partial charge in [0, 0.05) is 7.05 Å². The Balaban J connectivity index is 2.44. The van der Waals surface area contributed by atoms with Gasteiger partial charge in [-0.1, -0.05) is 30.3 Å². The van der Waals surface area contributed by atoms with Crippen molar-refractivity contribution in [3.8, 4) is 0 Å². The van der Waals surface area contributed by atoms with Crippen molar-refractivity contribution >= 4 is 12.4 Å². The molecule has 0 heterocycles. The minimum atomic E-state index is -0.497. The van der Waals surface area contributed by atoms with E-state index in [-0.39, 0.29) is 6.61 Å². The first kappa shape index (κ1) is 12.2. The number of rotatable bonds is 4. The normalized spacial score (nSPS) is 11.6. The summed E-state index contributed by atoms with van der Waals surface area (Å²) in [6, 6.07) is 8.92. The minimum absolute atomic E-state index is 0.218. The van der Waals surface area contributed by atoms with Crippen LogP contribution in [0.25, 0.3) is 0 Å². The minimum Gasteiger partial charge on any atom is -0.445 e. The van der Waals surface area contributed by atoms with Crippen LogP contribution in [0.4, 0.5) is 4.79 Å². The second kappa shape index (κ2) is 5.90. The van der Waals surface area contributed by atoms with E-state index in [1.807, 2.05) is 30.3 Å². The summed E-state index contributed by atoms with van der Waals surface area (Å²) in [7, 11) is 1.53. The molecule has 0 aromatic heterocycles. The second-order valence-corrected chi connectivity index (χ2v) is 3.53. The average Bonchev–Trinajstić information content (AvgIpc) is 2.35. The summed E-state index contributed by atoms with van der Waals surface area (Å²) in [5.41, 5.74) is 0.919. The van der Waals surface area contributed by atoms with Crippen molar-refractivity contribution in [2.24, 2.45) is 0 Å². The first-order valence-corrected chi connectivity index (χ1v) is 5.04. The monoisotopic (exact) mass is 221 g/mol. The van der Waals surface area contributed by atoms with Crippen molar-refractivity contribution in [3.05, 3.63) is 35.9 Å². The number of carbonyl (C=O) groups is 2. The van der Waals surface area contributed by atoms with E-state index in [1.165, 1.54) is 11.9 Å². The van der Waals surface area contributed by atoms with Gasteiger partial charge in [0.2, 0.25) is 0 Å². The number of benzene rings is 1. The third-order valence-corrected chi connectivity index (χ3v) is 2.30. The highest BCUT2D eigenvalue weighted by Crippen LogP contribution is 2.03. The van der Waals surface area contributed by atoms with Gasteiger partial charge in [0.25, 0.3) is 0 Å². The third-order valence-electron chi connectivity index (χ3n) is 2.30. The predicted molar refractivity (Wildman–Crippen MR) is 59.9 cm³/mol. The number of hydrogen-bond acceptors (Lipinski definition) is 3. The zero-order valence-corrected chi connectivity index (χ0v) is 9.42. The van der Waals surface area contributed by atoms with Crippen LogP contribution in [0.1, 0.15) is 12.5 Å². The lowest BCUT2D eigenvalue weighted by Gasteiger charge is -2.19. The largest absolute Gasteiger partial charge is 0.445 e. The lowest BCUT2D eigenvalue weighted by Crippen LogP contribution is -2.36. The quantitative estimate of drug-likeness (QED) is 0.729. The Morgan fingerprint density at radius 1 is 1.44 bits per heavy atom. The van der Waals surface area contributed by atoms with Crippen LogP contribution < -0.4 is 0 Å². The molecule has 1 rings (SSSR count). The number of carbonyl (C=O) groups excluding carboxylic acids is 2. The van der Waals surface area contributed by atoms with Crippen molar-refractivity contribution in [2.75, 3.05) is 7.05 Å². The molecule has 16 heavy (non-hydrogen) atoms. The van der Waals surface area contributed by atoms with Gasteiger partial charge in [-0.15, -0.1) is 0 Å². The summed E-state index contributed by atoms with van der Waals surface area (Å²) in [5.74, 6) is 0. The standard InChI is InChI=1S/C12H15NO3/c1-10(8-14)13(2)12(15)16-9-11-6-4-3-5-7-11/h3-8,10H,9H2,1-2H3. The first-order chi connectivity index (χ1) is 7.65. The fraction of sp³-hybridized carbons (Fsp3) is 0.333. The number of hydrogen-bond donors (Lipinski definition) is 0. The third kappa shape index (κ3) is 3.38. The molecule has 1 amide bonds. The zero-order valence-electron chi connectivity index (χ0n) is 9.42. The summed E-state index contributed by atoms with van der Waals surface area (Å²) < 4.78 is 5.04. The molecule has 0 spiro atoms. The van der Waals surface area contributed by atoms with Crippen molar-refractivity contribution in [2.45, 2.75) is 19.6 Å². The van der Waals surface area contributed by atoms with Crippen LogP contribution in [-0.2, 0) is 16.1 Å².